The molecule has 0 aliphatic heterocycles. The Kier molecular flexibility index (Phi) is 3.46. The highest BCUT2D eigenvalue weighted by Gasteiger charge is 1.90. The lowest BCUT2D eigenvalue weighted by molar-refractivity contribution is 1.78. The fourth-order valence-electron chi connectivity index (χ4n) is 0.576. The van der Waals surface area contributed by atoms with Gasteiger partial charge in [-0.1, -0.05) is 6.08 Å². The molecule has 0 fully saturated rings. The minimum absolute atomic E-state index is 0.579. The van der Waals surface area contributed by atoms with E-state index in [-0.39, 0.29) is 0 Å². The maximum absolute atomic E-state index is 5.46. The van der Waals surface area contributed by atoms with Crippen LogP contribution < -0.4 is 0 Å². The van der Waals surface area contributed by atoms with Gasteiger partial charge in [0.1, 0.15) is 0 Å². The highest BCUT2D eigenvalue weighted by molar-refractivity contribution is 9.10. The lowest BCUT2D eigenvalue weighted by Crippen LogP contribution is -1.59. The van der Waals surface area contributed by atoms with Crippen molar-refractivity contribution in [1.29, 1.82) is 0 Å². The summed E-state index contributed by atoms with van der Waals surface area (Å²) in [4.78, 5) is 1.23. The molecule has 0 amide bonds. The number of alkyl halides is 1. The maximum Gasteiger partial charge on any atom is 0.0407 e. The Bertz CT molecular complexity index is 229. The van der Waals surface area contributed by atoms with Gasteiger partial charge in [0.2, 0.25) is 0 Å². The first kappa shape index (κ1) is 8.31. The van der Waals surface area contributed by atoms with Crippen molar-refractivity contribution in [3.63, 3.8) is 0 Å². The SMILES string of the molecule is ClC/C=C/c1cc(Br)cs1. The fraction of sp³-hybridized carbons (Fsp3) is 0.143. The van der Waals surface area contributed by atoms with Crippen molar-refractivity contribution in [3.05, 3.63) is 26.9 Å². The van der Waals surface area contributed by atoms with Gasteiger partial charge in [0.15, 0.2) is 0 Å². The van der Waals surface area contributed by atoms with Gasteiger partial charge in [-0.3, -0.25) is 0 Å². The predicted octanol–water partition coefficient (Wildman–Crippen LogP) is 3.76. The van der Waals surface area contributed by atoms with Gasteiger partial charge in [0.25, 0.3) is 0 Å². The van der Waals surface area contributed by atoms with E-state index < -0.39 is 0 Å². The van der Waals surface area contributed by atoms with Crippen LogP contribution in [0.1, 0.15) is 4.88 Å². The Hall–Kier alpha value is 0.210. The summed E-state index contributed by atoms with van der Waals surface area (Å²) in [5.74, 6) is 0.579. The van der Waals surface area contributed by atoms with Crippen LogP contribution in [0.15, 0.2) is 22.0 Å². The van der Waals surface area contributed by atoms with Gasteiger partial charge >= 0.3 is 0 Å². The molecule has 0 unspecified atom stereocenters. The maximum atomic E-state index is 5.46. The molecule has 0 aromatic carbocycles. The van der Waals surface area contributed by atoms with Crippen LogP contribution in [-0.2, 0) is 0 Å². The third kappa shape index (κ3) is 2.45. The van der Waals surface area contributed by atoms with E-state index in [4.69, 9.17) is 11.6 Å². The molecule has 1 heterocycles. The monoisotopic (exact) mass is 236 g/mol. The third-order valence-corrected chi connectivity index (χ3v) is 2.80. The van der Waals surface area contributed by atoms with E-state index in [9.17, 15) is 0 Å². The minimum atomic E-state index is 0.579. The van der Waals surface area contributed by atoms with Crippen LogP contribution in [0.4, 0.5) is 0 Å². The van der Waals surface area contributed by atoms with Crippen LogP contribution in [0.5, 0.6) is 0 Å². The molecular weight excluding hydrogens is 232 g/mol. The van der Waals surface area contributed by atoms with Crippen LogP contribution in [0.2, 0.25) is 0 Å². The summed E-state index contributed by atoms with van der Waals surface area (Å²) in [6.07, 6.45) is 3.95. The van der Waals surface area contributed by atoms with Crippen LogP contribution in [0.3, 0.4) is 0 Å². The quantitative estimate of drug-likeness (QED) is 0.687. The molecule has 0 nitrogen and oxygen atoms in total. The van der Waals surface area contributed by atoms with Crippen molar-refractivity contribution in [3.8, 4) is 0 Å². The first-order chi connectivity index (χ1) is 4.83. The Labute approximate surface area is 77.6 Å². The van der Waals surface area contributed by atoms with Crippen molar-refractivity contribution in [1.82, 2.24) is 0 Å². The lowest BCUT2D eigenvalue weighted by atomic mass is 10.4. The molecule has 0 bridgehead atoms. The Morgan fingerprint density at radius 3 is 3.00 bits per heavy atom. The molecule has 1 rings (SSSR count). The molecule has 1 aromatic heterocycles. The number of hydrogen-bond donors (Lipinski definition) is 0. The molecule has 0 aliphatic carbocycles. The second-order valence-electron chi connectivity index (χ2n) is 1.72. The van der Waals surface area contributed by atoms with E-state index in [0.29, 0.717) is 5.88 Å². The lowest BCUT2D eigenvalue weighted by Gasteiger charge is -1.78. The van der Waals surface area contributed by atoms with Crippen molar-refractivity contribution in [2.24, 2.45) is 0 Å². The van der Waals surface area contributed by atoms with E-state index in [1.165, 1.54) is 4.88 Å². The van der Waals surface area contributed by atoms with Crippen LogP contribution in [0, 0.1) is 0 Å². The van der Waals surface area contributed by atoms with Crippen LogP contribution in [-0.4, -0.2) is 5.88 Å². The van der Waals surface area contributed by atoms with Gasteiger partial charge in [0, 0.05) is 20.6 Å². The molecule has 0 aliphatic rings. The van der Waals surface area contributed by atoms with Crippen molar-refractivity contribution >= 4 is 44.9 Å². The Balaban J connectivity index is 2.67. The van der Waals surface area contributed by atoms with E-state index >= 15 is 0 Å². The molecular formula is C7H6BrClS. The number of allylic oxidation sites excluding steroid dienone is 1. The van der Waals surface area contributed by atoms with Gasteiger partial charge in [0.05, 0.1) is 0 Å². The van der Waals surface area contributed by atoms with E-state index in [1.54, 1.807) is 11.3 Å². The summed E-state index contributed by atoms with van der Waals surface area (Å²) >= 11 is 10.5. The predicted molar refractivity (Wildman–Crippen MR) is 51.8 cm³/mol. The molecule has 0 N–H and O–H groups in total. The van der Waals surface area contributed by atoms with Gasteiger partial charge in [-0.05, 0) is 28.1 Å². The first-order valence-electron chi connectivity index (χ1n) is 2.79. The molecule has 1 aromatic rings. The van der Waals surface area contributed by atoms with Crippen molar-refractivity contribution in [2.75, 3.05) is 5.88 Å². The summed E-state index contributed by atoms with van der Waals surface area (Å²) in [5.41, 5.74) is 0. The fourth-order valence-corrected chi connectivity index (χ4v) is 2.03. The topological polar surface area (TPSA) is 0 Å². The molecule has 0 saturated carbocycles. The van der Waals surface area contributed by atoms with Crippen LogP contribution >= 0.6 is 38.9 Å². The zero-order valence-corrected chi connectivity index (χ0v) is 8.34. The largest absolute Gasteiger partial charge is 0.143 e. The standard InChI is InChI=1S/C7H6BrClS/c8-6-4-7(10-5-6)2-1-3-9/h1-2,4-5H,3H2/b2-1+. The zero-order chi connectivity index (χ0) is 7.40. The van der Waals surface area contributed by atoms with Gasteiger partial charge in [-0.25, -0.2) is 0 Å². The Morgan fingerprint density at radius 1 is 1.70 bits per heavy atom. The Morgan fingerprint density at radius 2 is 2.50 bits per heavy atom. The minimum Gasteiger partial charge on any atom is -0.143 e. The second kappa shape index (κ2) is 4.16. The van der Waals surface area contributed by atoms with Gasteiger partial charge < -0.3 is 0 Å². The van der Waals surface area contributed by atoms with Crippen molar-refractivity contribution in [2.45, 2.75) is 0 Å². The van der Waals surface area contributed by atoms with E-state index in [2.05, 4.69) is 22.0 Å². The summed E-state index contributed by atoms with van der Waals surface area (Å²) in [5, 5.41) is 2.05. The number of rotatable bonds is 2. The molecule has 3 heteroatoms. The van der Waals surface area contributed by atoms with Crippen LogP contribution in [0.25, 0.3) is 6.08 Å². The molecule has 54 valence electrons. The molecule has 0 atom stereocenters. The number of hydrogen-bond acceptors (Lipinski definition) is 1. The average Bonchev–Trinajstić information content (AvgIpc) is 2.31. The van der Waals surface area contributed by atoms with E-state index in [1.807, 2.05) is 17.5 Å². The normalized spacial score (nSPS) is 11.0. The average molecular weight is 238 g/mol. The number of thiophene rings is 1. The summed E-state index contributed by atoms with van der Waals surface area (Å²) in [7, 11) is 0. The molecule has 0 radical (unpaired) electrons. The van der Waals surface area contributed by atoms with E-state index in [0.717, 1.165) is 4.47 Å². The third-order valence-electron chi connectivity index (χ3n) is 0.959. The van der Waals surface area contributed by atoms with Gasteiger partial charge in [-0.2, -0.15) is 0 Å². The highest BCUT2D eigenvalue weighted by Crippen LogP contribution is 2.20. The molecule has 10 heavy (non-hydrogen) atoms. The second-order valence-corrected chi connectivity index (χ2v) is 3.89. The summed E-state index contributed by atoms with van der Waals surface area (Å²) in [6, 6.07) is 2.06. The summed E-state index contributed by atoms with van der Waals surface area (Å²) < 4.78 is 1.13. The first-order valence-corrected chi connectivity index (χ1v) is 5.00. The van der Waals surface area contributed by atoms with Crippen molar-refractivity contribution < 1.29 is 0 Å². The highest BCUT2D eigenvalue weighted by atomic mass is 79.9. The van der Waals surface area contributed by atoms with Gasteiger partial charge in [-0.15, -0.1) is 22.9 Å². The number of halogens is 2. The smallest absolute Gasteiger partial charge is 0.0407 e. The zero-order valence-electron chi connectivity index (χ0n) is 5.18. The molecule has 0 saturated heterocycles. The summed E-state index contributed by atoms with van der Waals surface area (Å²) in [6.45, 7) is 0. The molecule has 0 spiro atoms.